The van der Waals surface area contributed by atoms with Crippen molar-refractivity contribution in [1.82, 2.24) is 4.72 Å². The lowest BCUT2D eigenvalue weighted by molar-refractivity contribution is 0.400. The molecule has 2 aromatic rings. The molecule has 0 bridgehead atoms. The van der Waals surface area contributed by atoms with Gasteiger partial charge in [0.25, 0.3) is 0 Å². The summed E-state index contributed by atoms with van der Waals surface area (Å²) >= 11 is 0. The highest BCUT2D eigenvalue weighted by atomic mass is 32.2. The van der Waals surface area contributed by atoms with E-state index in [0.29, 0.717) is 5.75 Å². The highest BCUT2D eigenvalue weighted by Gasteiger charge is 2.19. The SMILES string of the molecule is COc1ccc(C#CCNS(=O)(=O)c2cc(F)ccc2OC)cc1. The lowest BCUT2D eigenvalue weighted by Gasteiger charge is -2.09. The van der Waals surface area contributed by atoms with E-state index >= 15 is 0 Å². The molecule has 7 heteroatoms. The molecule has 0 unspecified atom stereocenters. The van der Waals surface area contributed by atoms with Gasteiger partial charge in [-0.3, -0.25) is 0 Å². The van der Waals surface area contributed by atoms with Crippen molar-refractivity contribution in [1.29, 1.82) is 0 Å². The smallest absolute Gasteiger partial charge is 0.245 e. The van der Waals surface area contributed by atoms with E-state index in [-0.39, 0.29) is 17.2 Å². The number of benzene rings is 2. The molecule has 0 aromatic heterocycles. The van der Waals surface area contributed by atoms with Crippen molar-refractivity contribution in [3.63, 3.8) is 0 Å². The van der Waals surface area contributed by atoms with Crippen molar-refractivity contribution in [3.05, 3.63) is 53.8 Å². The molecule has 0 atom stereocenters. The van der Waals surface area contributed by atoms with Crippen LogP contribution >= 0.6 is 0 Å². The molecular formula is C17H16FNO4S. The third-order valence-corrected chi connectivity index (χ3v) is 4.51. The van der Waals surface area contributed by atoms with Crippen molar-refractivity contribution in [2.24, 2.45) is 0 Å². The van der Waals surface area contributed by atoms with E-state index < -0.39 is 15.8 Å². The van der Waals surface area contributed by atoms with Crippen LogP contribution in [0.2, 0.25) is 0 Å². The topological polar surface area (TPSA) is 64.6 Å². The molecule has 0 fully saturated rings. The normalized spacial score (nSPS) is 10.6. The summed E-state index contributed by atoms with van der Waals surface area (Å²) in [5.74, 6) is 5.63. The largest absolute Gasteiger partial charge is 0.497 e. The zero-order valence-electron chi connectivity index (χ0n) is 13.2. The third-order valence-electron chi connectivity index (χ3n) is 3.09. The summed E-state index contributed by atoms with van der Waals surface area (Å²) in [5.41, 5.74) is 0.721. The molecule has 0 aliphatic heterocycles. The maximum Gasteiger partial charge on any atom is 0.245 e. The molecule has 2 rings (SSSR count). The molecule has 5 nitrogen and oxygen atoms in total. The van der Waals surface area contributed by atoms with E-state index in [9.17, 15) is 12.8 Å². The van der Waals surface area contributed by atoms with Gasteiger partial charge in [-0.2, -0.15) is 4.72 Å². The van der Waals surface area contributed by atoms with Gasteiger partial charge in [-0.25, -0.2) is 12.8 Å². The van der Waals surface area contributed by atoms with Gasteiger partial charge in [0, 0.05) is 5.56 Å². The fourth-order valence-electron chi connectivity index (χ4n) is 1.89. The van der Waals surface area contributed by atoms with E-state index in [1.165, 1.54) is 13.2 Å². The van der Waals surface area contributed by atoms with E-state index in [2.05, 4.69) is 16.6 Å². The fourth-order valence-corrected chi connectivity index (χ4v) is 2.99. The summed E-state index contributed by atoms with van der Waals surface area (Å²) in [6, 6.07) is 10.3. The molecule has 0 saturated heterocycles. The Bertz CT molecular complexity index is 868. The molecule has 0 heterocycles. The van der Waals surface area contributed by atoms with Gasteiger partial charge < -0.3 is 9.47 Å². The van der Waals surface area contributed by atoms with Crippen LogP contribution in [0.15, 0.2) is 47.4 Å². The van der Waals surface area contributed by atoms with Crippen LogP contribution in [-0.4, -0.2) is 29.2 Å². The first-order valence-electron chi connectivity index (χ1n) is 6.92. The molecule has 0 radical (unpaired) electrons. The van der Waals surface area contributed by atoms with Gasteiger partial charge in [-0.05, 0) is 42.5 Å². The average Bonchev–Trinajstić information content (AvgIpc) is 2.59. The second-order valence-electron chi connectivity index (χ2n) is 4.65. The van der Waals surface area contributed by atoms with Crippen LogP contribution in [-0.2, 0) is 10.0 Å². The van der Waals surface area contributed by atoms with E-state index in [0.717, 1.165) is 17.7 Å². The maximum absolute atomic E-state index is 13.3. The lowest BCUT2D eigenvalue weighted by atomic mass is 10.2. The number of nitrogens with one attached hydrogen (secondary N) is 1. The first kappa shape index (κ1) is 17.8. The number of methoxy groups -OCH3 is 2. The number of hydrogen-bond acceptors (Lipinski definition) is 4. The van der Waals surface area contributed by atoms with Crippen LogP contribution in [0.25, 0.3) is 0 Å². The summed E-state index contributed by atoms with van der Waals surface area (Å²) in [7, 11) is -1.05. The Labute approximate surface area is 140 Å². The number of hydrogen-bond donors (Lipinski definition) is 1. The Balaban J connectivity index is 2.08. The Kier molecular flexibility index (Phi) is 5.79. The highest BCUT2D eigenvalue weighted by molar-refractivity contribution is 7.89. The van der Waals surface area contributed by atoms with Crippen molar-refractivity contribution in [3.8, 4) is 23.3 Å². The Morgan fingerprint density at radius 1 is 1.08 bits per heavy atom. The Morgan fingerprint density at radius 2 is 1.79 bits per heavy atom. The minimum atomic E-state index is -3.93. The maximum atomic E-state index is 13.3. The van der Waals surface area contributed by atoms with Gasteiger partial charge in [-0.15, -0.1) is 0 Å². The molecule has 0 amide bonds. The number of sulfonamides is 1. The van der Waals surface area contributed by atoms with Gasteiger partial charge >= 0.3 is 0 Å². The summed E-state index contributed by atoms with van der Waals surface area (Å²) in [4.78, 5) is -0.267. The molecule has 0 spiro atoms. The van der Waals surface area contributed by atoms with Gasteiger partial charge in [0.15, 0.2) is 0 Å². The summed E-state index contributed by atoms with van der Waals surface area (Å²) in [6.45, 7) is -0.117. The van der Waals surface area contributed by atoms with Crippen LogP contribution in [0, 0.1) is 17.7 Å². The number of halogens is 1. The molecule has 24 heavy (non-hydrogen) atoms. The minimum Gasteiger partial charge on any atom is -0.497 e. The van der Waals surface area contributed by atoms with Crippen LogP contribution in [0.3, 0.4) is 0 Å². The fraction of sp³-hybridized carbons (Fsp3) is 0.176. The monoisotopic (exact) mass is 349 g/mol. The predicted molar refractivity (Wildman–Crippen MR) is 88.0 cm³/mol. The molecule has 2 aromatic carbocycles. The van der Waals surface area contributed by atoms with Crippen molar-refractivity contribution >= 4 is 10.0 Å². The van der Waals surface area contributed by atoms with Crippen molar-refractivity contribution < 1.29 is 22.3 Å². The summed E-state index contributed by atoms with van der Waals surface area (Å²) in [5, 5.41) is 0. The second-order valence-corrected chi connectivity index (χ2v) is 6.39. The summed E-state index contributed by atoms with van der Waals surface area (Å²) in [6.07, 6.45) is 0. The zero-order chi connectivity index (χ0) is 17.6. The van der Waals surface area contributed by atoms with E-state index in [4.69, 9.17) is 9.47 Å². The lowest BCUT2D eigenvalue weighted by Crippen LogP contribution is -2.24. The number of rotatable bonds is 5. The first-order valence-corrected chi connectivity index (χ1v) is 8.40. The standard InChI is InChI=1S/C17H16FNO4S/c1-22-15-8-5-13(6-9-15)4-3-11-19-24(20,21)17-12-14(18)7-10-16(17)23-2/h5-10,12,19H,11H2,1-2H3. The minimum absolute atomic E-state index is 0.0620. The van der Waals surface area contributed by atoms with Crippen LogP contribution < -0.4 is 14.2 Å². The number of ether oxygens (including phenoxy) is 2. The second kappa shape index (κ2) is 7.81. The molecule has 0 aliphatic rings. The molecular weight excluding hydrogens is 333 g/mol. The van der Waals surface area contributed by atoms with Crippen LogP contribution in [0.5, 0.6) is 11.5 Å². The van der Waals surface area contributed by atoms with E-state index in [1.54, 1.807) is 31.4 Å². The predicted octanol–water partition coefficient (Wildman–Crippen LogP) is 2.17. The Morgan fingerprint density at radius 3 is 2.42 bits per heavy atom. The van der Waals surface area contributed by atoms with Gasteiger partial charge in [0.05, 0.1) is 20.8 Å². The third kappa shape index (κ3) is 4.47. The highest BCUT2D eigenvalue weighted by Crippen LogP contribution is 2.23. The molecule has 126 valence electrons. The van der Waals surface area contributed by atoms with Gasteiger partial charge in [0.1, 0.15) is 22.2 Å². The average molecular weight is 349 g/mol. The zero-order valence-corrected chi connectivity index (χ0v) is 14.0. The van der Waals surface area contributed by atoms with Crippen LogP contribution in [0.1, 0.15) is 5.56 Å². The molecule has 0 aliphatic carbocycles. The molecule has 1 N–H and O–H groups in total. The van der Waals surface area contributed by atoms with Crippen molar-refractivity contribution in [2.45, 2.75) is 4.90 Å². The molecule has 0 saturated carbocycles. The van der Waals surface area contributed by atoms with Crippen molar-refractivity contribution in [2.75, 3.05) is 20.8 Å². The first-order chi connectivity index (χ1) is 11.5. The van der Waals surface area contributed by atoms with Gasteiger partial charge in [0.2, 0.25) is 10.0 Å². The quantitative estimate of drug-likeness (QED) is 0.841. The van der Waals surface area contributed by atoms with E-state index in [1.807, 2.05) is 0 Å². The Hall–Kier alpha value is -2.56. The summed E-state index contributed by atoms with van der Waals surface area (Å²) < 4.78 is 50.0. The van der Waals surface area contributed by atoms with Crippen LogP contribution in [0.4, 0.5) is 4.39 Å². The van der Waals surface area contributed by atoms with Gasteiger partial charge in [-0.1, -0.05) is 11.8 Å².